The molecule has 0 saturated carbocycles. The highest BCUT2D eigenvalue weighted by Gasteiger charge is 2.11. The molecular weight excluding hydrogens is 164 g/mol. The van der Waals surface area contributed by atoms with Crippen molar-refractivity contribution >= 4 is 6.47 Å². The Balaban J connectivity index is 3.16. The van der Waals surface area contributed by atoms with Crippen LogP contribution in [-0.4, -0.2) is 21.8 Å². The molecule has 1 rings (SSSR count). The van der Waals surface area contributed by atoms with Gasteiger partial charge in [-0.05, 0) is 12.1 Å². The van der Waals surface area contributed by atoms with E-state index in [-0.39, 0.29) is 12.2 Å². The van der Waals surface area contributed by atoms with Crippen LogP contribution in [0.15, 0.2) is 12.1 Å². The molecule has 0 aliphatic rings. The molecule has 1 aromatic carbocycles. The largest absolute Gasteiger partial charge is 0.504 e. The minimum atomic E-state index is -0.714. The fraction of sp³-hybridized carbons (Fsp3) is 0. The van der Waals surface area contributed by atoms with Crippen molar-refractivity contribution in [1.82, 2.24) is 0 Å². The average molecular weight is 170 g/mol. The highest BCUT2D eigenvalue weighted by molar-refractivity contribution is 5.59. The molecule has 5 nitrogen and oxygen atoms in total. The molecule has 0 bridgehead atoms. The summed E-state index contributed by atoms with van der Waals surface area (Å²) >= 11 is 0. The Kier molecular flexibility index (Phi) is 2.05. The van der Waals surface area contributed by atoms with Crippen LogP contribution < -0.4 is 4.74 Å². The van der Waals surface area contributed by atoms with Crippen molar-refractivity contribution in [1.29, 1.82) is 0 Å². The number of rotatable bonds is 2. The molecule has 1 aromatic rings. The van der Waals surface area contributed by atoms with Crippen molar-refractivity contribution < 1.29 is 24.9 Å². The number of phenols is 3. The lowest BCUT2D eigenvalue weighted by atomic mass is 10.3. The lowest BCUT2D eigenvalue weighted by Crippen LogP contribution is -1.88. The third-order valence-corrected chi connectivity index (χ3v) is 1.27. The summed E-state index contributed by atoms with van der Waals surface area (Å²) in [5.74, 6) is -2.07. The highest BCUT2D eigenvalue weighted by atomic mass is 16.5. The van der Waals surface area contributed by atoms with Gasteiger partial charge in [-0.2, -0.15) is 0 Å². The SMILES string of the molecule is O=COc1ccc(O)c(O)c1O. The Bertz CT molecular complexity index is 307. The third-order valence-electron chi connectivity index (χ3n) is 1.27. The lowest BCUT2D eigenvalue weighted by Gasteiger charge is -2.03. The second-order valence-electron chi connectivity index (χ2n) is 1.99. The van der Waals surface area contributed by atoms with Gasteiger partial charge in [-0.25, -0.2) is 0 Å². The van der Waals surface area contributed by atoms with E-state index < -0.39 is 17.2 Å². The Labute approximate surface area is 67.5 Å². The number of phenolic OH excluding ortho intramolecular Hbond substituents is 3. The minimum absolute atomic E-state index is 0.103. The number of carbonyl (C=O) groups is 1. The van der Waals surface area contributed by atoms with Gasteiger partial charge >= 0.3 is 0 Å². The molecule has 0 unspecified atom stereocenters. The molecule has 0 aromatic heterocycles. The summed E-state index contributed by atoms with van der Waals surface area (Å²) in [6, 6.07) is 2.24. The monoisotopic (exact) mass is 170 g/mol. The van der Waals surface area contributed by atoms with Gasteiger partial charge in [-0.1, -0.05) is 0 Å². The molecule has 0 saturated heterocycles. The van der Waals surface area contributed by atoms with Crippen LogP contribution >= 0.6 is 0 Å². The fourth-order valence-corrected chi connectivity index (χ4v) is 0.697. The summed E-state index contributed by atoms with van der Waals surface area (Å²) in [5.41, 5.74) is 0. The first-order valence-electron chi connectivity index (χ1n) is 3.01. The Morgan fingerprint density at radius 1 is 1.17 bits per heavy atom. The van der Waals surface area contributed by atoms with Gasteiger partial charge in [0.1, 0.15) is 0 Å². The van der Waals surface area contributed by atoms with Gasteiger partial charge in [0.05, 0.1) is 0 Å². The Hall–Kier alpha value is -1.91. The molecule has 3 N–H and O–H groups in total. The number of hydrogen-bond acceptors (Lipinski definition) is 5. The van der Waals surface area contributed by atoms with Crippen LogP contribution in [0.1, 0.15) is 0 Å². The van der Waals surface area contributed by atoms with E-state index >= 15 is 0 Å². The van der Waals surface area contributed by atoms with E-state index in [1.807, 2.05) is 0 Å². The van der Waals surface area contributed by atoms with E-state index in [2.05, 4.69) is 4.74 Å². The summed E-state index contributed by atoms with van der Waals surface area (Å²) in [6.07, 6.45) is 0. The van der Waals surface area contributed by atoms with Gasteiger partial charge in [-0.15, -0.1) is 0 Å². The summed E-state index contributed by atoms with van der Waals surface area (Å²) in [6.45, 7) is 0.103. The average Bonchev–Trinajstić information content (AvgIpc) is 2.07. The van der Waals surface area contributed by atoms with Crippen molar-refractivity contribution in [3.05, 3.63) is 12.1 Å². The van der Waals surface area contributed by atoms with Crippen LogP contribution in [-0.2, 0) is 4.79 Å². The molecule has 0 atom stereocenters. The standard InChI is InChI=1S/C7H6O5/c8-3-12-5-2-1-4(9)6(10)7(5)11/h1-3,9-11H. The normalized spacial score (nSPS) is 9.33. The second-order valence-corrected chi connectivity index (χ2v) is 1.99. The van der Waals surface area contributed by atoms with Gasteiger partial charge in [0.2, 0.25) is 11.5 Å². The van der Waals surface area contributed by atoms with Crippen LogP contribution in [0.4, 0.5) is 0 Å². The molecule has 5 heteroatoms. The number of carbonyl (C=O) groups excluding carboxylic acids is 1. The Morgan fingerprint density at radius 3 is 2.42 bits per heavy atom. The molecule has 0 heterocycles. The van der Waals surface area contributed by atoms with E-state index in [0.29, 0.717) is 0 Å². The molecule has 0 fully saturated rings. The second kappa shape index (κ2) is 3.00. The van der Waals surface area contributed by atoms with Crippen LogP contribution in [0.5, 0.6) is 23.0 Å². The van der Waals surface area contributed by atoms with E-state index in [1.165, 1.54) is 0 Å². The molecule has 64 valence electrons. The van der Waals surface area contributed by atoms with E-state index in [9.17, 15) is 4.79 Å². The van der Waals surface area contributed by atoms with Crippen molar-refractivity contribution in [3.8, 4) is 23.0 Å². The summed E-state index contributed by atoms with van der Waals surface area (Å²) < 4.78 is 4.27. The van der Waals surface area contributed by atoms with Crippen molar-refractivity contribution in [2.75, 3.05) is 0 Å². The predicted octanol–water partition coefficient (Wildman–Crippen LogP) is 0.339. The van der Waals surface area contributed by atoms with Gasteiger partial charge in [0.25, 0.3) is 6.47 Å². The Morgan fingerprint density at radius 2 is 1.83 bits per heavy atom. The number of ether oxygens (including phenoxy) is 1. The van der Waals surface area contributed by atoms with Crippen LogP contribution in [0.3, 0.4) is 0 Å². The first-order chi connectivity index (χ1) is 5.66. The first kappa shape index (κ1) is 8.19. The van der Waals surface area contributed by atoms with Crippen molar-refractivity contribution in [2.45, 2.75) is 0 Å². The smallest absolute Gasteiger partial charge is 0.298 e. The quantitative estimate of drug-likeness (QED) is 0.440. The maximum absolute atomic E-state index is 9.85. The molecule has 12 heavy (non-hydrogen) atoms. The van der Waals surface area contributed by atoms with Gasteiger partial charge < -0.3 is 20.1 Å². The fourth-order valence-electron chi connectivity index (χ4n) is 0.697. The van der Waals surface area contributed by atoms with E-state index in [1.54, 1.807) is 0 Å². The zero-order valence-corrected chi connectivity index (χ0v) is 5.89. The number of benzene rings is 1. The summed E-state index contributed by atoms with van der Waals surface area (Å²) in [5, 5.41) is 26.8. The molecule has 0 aliphatic carbocycles. The van der Waals surface area contributed by atoms with Gasteiger partial charge in [0.15, 0.2) is 11.5 Å². The predicted molar refractivity (Wildman–Crippen MR) is 38.1 cm³/mol. The number of aromatic hydroxyl groups is 3. The lowest BCUT2D eigenvalue weighted by molar-refractivity contribution is -0.120. The highest BCUT2D eigenvalue weighted by Crippen LogP contribution is 2.41. The minimum Gasteiger partial charge on any atom is -0.504 e. The van der Waals surface area contributed by atoms with Gasteiger partial charge in [0, 0.05) is 0 Å². The van der Waals surface area contributed by atoms with E-state index in [4.69, 9.17) is 15.3 Å². The summed E-state index contributed by atoms with van der Waals surface area (Å²) in [4.78, 5) is 9.85. The number of hydrogen-bond donors (Lipinski definition) is 3. The summed E-state index contributed by atoms with van der Waals surface area (Å²) in [7, 11) is 0. The molecule has 0 aliphatic heterocycles. The van der Waals surface area contributed by atoms with E-state index in [0.717, 1.165) is 12.1 Å². The molecule has 0 amide bonds. The molecule has 0 radical (unpaired) electrons. The van der Waals surface area contributed by atoms with Crippen molar-refractivity contribution in [2.24, 2.45) is 0 Å². The zero-order chi connectivity index (χ0) is 9.14. The third kappa shape index (κ3) is 1.24. The maximum atomic E-state index is 9.85. The van der Waals surface area contributed by atoms with Crippen molar-refractivity contribution in [3.63, 3.8) is 0 Å². The van der Waals surface area contributed by atoms with Gasteiger partial charge in [-0.3, -0.25) is 4.79 Å². The van der Waals surface area contributed by atoms with Crippen LogP contribution in [0.2, 0.25) is 0 Å². The van der Waals surface area contributed by atoms with Crippen LogP contribution in [0.25, 0.3) is 0 Å². The zero-order valence-electron chi connectivity index (χ0n) is 5.89. The maximum Gasteiger partial charge on any atom is 0.298 e. The molecular formula is C7H6O5. The van der Waals surface area contributed by atoms with Crippen LogP contribution in [0, 0.1) is 0 Å². The molecule has 0 spiro atoms. The topological polar surface area (TPSA) is 87.0 Å². The first-order valence-corrected chi connectivity index (χ1v) is 3.01.